The van der Waals surface area contributed by atoms with Gasteiger partial charge in [0.15, 0.2) is 5.58 Å². The molecular formula is C19H19N3O3. The number of hydrogen-bond acceptors (Lipinski definition) is 4. The van der Waals surface area contributed by atoms with Crippen LogP contribution in [0.5, 0.6) is 0 Å². The van der Waals surface area contributed by atoms with Crippen LogP contribution < -0.4 is 10.6 Å². The molecule has 6 nitrogen and oxygen atoms in total. The van der Waals surface area contributed by atoms with E-state index in [2.05, 4.69) is 29.5 Å². The molecule has 0 bridgehead atoms. The zero-order chi connectivity index (χ0) is 18.0. The van der Waals surface area contributed by atoms with E-state index < -0.39 is 0 Å². The lowest BCUT2D eigenvalue weighted by atomic mass is 10.0. The summed E-state index contributed by atoms with van der Waals surface area (Å²) >= 11 is 0. The molecule has 128 valence electrons. The van der Waals surface area contributed by atoms with Crippen LogP contribution in [0.4, 0.5) is 11.7 Å². The Morgan fingerprint density at radius 2 is 1.76 bits per heavy atom. The van der Waals surface area contributed by atoms with E-state index in [0.29, 0.717) is 28.3 Å². The lowest BCUT2D eigenvalue weighted by Gasteiger charge is -2.06. The molecule has 0 saturated carbocycles. The number of rotatable bonds is 4. The van der Waals surface area contributed by atoms with Gasteiger partial charge in [0.1, 0.15) is 5.52 Å². The maximum atomic E-state index is 12.3. The van der Waals surface area contributed by atoms with Crippen LogP contribution in [0.15, 0.2) is 46.9 Å². The minimum Gasteiger partial charge on any atom is -0.423 e. The molecular weight excluding hydrogens is 318 g/mol. The molecule has 0 aliphatic heterocycles. The molecule has 6 heteroatoms. The van der Waals surface area contributed by atoms with E-state index in [1.165, 1.54) is 12.5 Å². The second-order valence-electron chi connectivity index (χ2n) is 6.11. The number of benzene rings is 2. The van der Waals surface area contributed by atoms with Crippen molar-refractivity contribution in [3.8, 4) is 0 Å². The quantitative estimate of drug-likeness (QED) is 0.748. The number of oxazole rings is 1. The highest BCUT2D eigenvalue weighted by molar-refractivity contribution is 6.03. The Hall–Kier alpha value is -3.15. The molecule has 0 atom stereocenters. The summed E-state index contributed by atoms with van der Waals surface area (Å²) in [5, 5.41) is 5.33. The van der Waals surface area contributed by atoms with Gasteiger partial charge in [-0.3, -0.25) is 14.9 Å². The van der Waals surface area contributed by atoms with Gasteiger partial charge in [-0.05, 0) is 35.7 Å². The lowest BCUT2D eigenvalue weighted by Crippen LogP contribution is -2.12. The van der Waals surface area contributed by atoms with E-state index in [1.807, 2.05) is 12.1 Å². The van der Waals surface area contributed by atoms with Crippen molar-refractivity contribution >= 4 is 34.6 Å². The number of amides is 2. The molecule has 25 heavy (non-hydrogen) atoms. The summed E-state index contributed by atoms with van der Waals surface area (Å²) in [4.78, 5) is 27.7. The highest BCUT2D eigenvalue weighted by atomic mass is 16.4. The van der Waals surface area contributed by atoms with Crippen molar-refractivity contribution in [2.75, 3.05) is 10.6 Å². The van der Waals surface area contributed by atoms with Gasteiger partial charge in [0, 0.05) is 24.2 Å². The summed E-state index contributed by atoms with van der Waals surface area (Å²) in [6.07, 6.45) is 0. The summed E-state index contributed by atoms with van der Waals surface area (Å²) in [6.45, 7) is 5.63. The second kappa shape index (κ2) is 6.76. The second-order valence-corrected chi connectivity index (χ2v) is 6.11. The van der Waals surface area contributed by atoms with Gasteiger partial charge in [0.25, 0.3) is 5.91 Å². The van der Waals surface area contributed by atoms with E-state index in [-0.39, 0.29) is 17.8 Å². The minimum atomic E-state index is -0.288. The van der Waals surface area contributed by atoms with Gasteiger partial charge in [-0.25, -0.2) is 0 Å². The van der Waals surface area contributed by atoms with E-state index in [0.717, 1.165) is 0 Å². The van der Waals surface area contributed by atoms with E-state index in [4.69, 9.17) is 4.42 Å². The number of hydrogen-bond donors (Lipinski definition) is 2. The van der Waals surface area contributed by atoms with Crippen LogP contribution in [0, 0.1) is 0 Å². The number of anilines is 2. The fraction of sp³-hybridized carbons (Fsp3) is 0.211. The largest absolute Gasteiger partial charge is 0.423 e. The Bertz CT molecular complexity index is 927. The molecule has 0 saturated heterocycles. The number of carbonyl (C=O) groups excluding carboxylic acids is 2. The van der Waals surface area contributed by atoms with Gasteiger partial charge < -0.3 is 9.73 Å². The molecule has 1 heterocycles. The highest BCUT2D eigenvalue weighted by Crippen LogP contribution is 2.23. The van der Waals surface area contributed by atoms with Gasteiger partial charge >= 0.3 is 6.01 Å². The highest BCUT2D eigenvalue weighted by Gasteiger charge is 2.12. The summed E-state index contributed by atoms with van der Waals surface area (Å²) in [5.74, 6) is -0.0480. The fourth-order valence-corrected chi connectivity index (χ4v) is 2.45. The zero-order valence-corrected chi connectivity index (χ0v) is 14.3. The van der Waals surface area contributed by atoms with Crippen LogP contribution in [0.1, 0.15) is 42.6 Å². The Morgan fingerprint density at radius 3 is 2.40 bits per heavy atom. The van der Waals surface area contributed by atoms with Crippen LogP contribution in [0.3, 0.4) is 0 Å². The maximum absolute atomic E-state index is 12.3. The van der Waals surface area contributed by atoms with E-state index in [1.54, 1.807) is 30.3 Å². The van der Waals surface area contributed by atoms with Crippen molar-refractivity contribution in [3.05, 3.63) is 53.6 Å². The Kier molecular flexibility index (Phi) is 4.52. The summed E-state index contributed by atoms with van der Waals surface area (Å²) < 4.78 is 5.55. The summed E-state index contributed by atoms with van der Waals surface area (Å²) in [5.41, 5.74) is 3.39. The standard InChI is InChI=1S/C19H19N3O3/c1-11(2)13-4-6-14(7-5-13)18(24)22-19-21-16-9-8-15(20-12(3)23)10-17(16)25-19/h4-11H,1-3H3,(H,20,23)(H,21,22,24). The fourth-order valence-electron chi connectivity index (χ4n) is 2.45. The predicted molar refractivity (Wildman–Crippen MR) is 96.8 cm³/mol. The monoisotopic (exact) mass is 337 g/mol. The molecule has 2 amide bonds. The molecule has 1 aromatic heterocycles. The zero-order valence-electron chi connectivity index (χ0n) is 14.3. The summed E-state index contributed by atoms with van der Waals surface area (Å²) in [6, 6.07) is 12.7. The molecule has 3 aromatic rings. The minimum absolute atomic E-state index is 0.118. The summed E-state index contributed by atoms with van der Waals surface area (Å²) in [7, 11) is 0. The van der Waals surface area contributed by atoms with Gasteiger partial charge in [-0.15, -0.1) is 0 Å². The van der Waals surface area contributed by atoms with Gasteiger partial charge in [0.2, 0.25) is 5.91 Å². The molecule has 3 rings (SSSR count). The normalized spacial score (nSPS) is 10.9. The first kappa shape index (κ1) is 16.7. The number of carbonyl (C=O) groups is 2. The first-order valence-electron chi connectivity index (χ1n) is 8.02. The molecule has 2 N–H and O–H groups in total. The van der Waals surface area contributed by atoms with Crippen LogP contribution in [-0.2, 0) is 4.79 Å². The van der Waals surface area contributed by atoms with Gasteiger partial charge in [-0.1, -0.05) is 26.0 Å². The molecule has 0 radical (unpaired) electrons. The van der Waals surface area contributed by atoms with Crippen LogP contribution >= 0.6 is 0 Å². The maximum Gasteiger partial charge on any atom is 0.302 e. The molecule has 2 aromatic carbocycles. The molecule has 0 aliphatic rings. The molecule has 0 aliphatic carbocycles. The first-order valence-corrected chi connectivity index (χ1v) is 8.02. The number of aromatic nitrogens is 1. The Morgan fingerprint density at radius 1 is 1.04 bits per heavy atom. The topological polar surface area (TPSA) is 84.2 Å². The predicted octanol–water partition coefficient (Wildman–Crippen LogP) is 4.16. The Balaban J connectivity index is 1.77. The van der Waals surface area contributed by atoms with Crippen LogP contribution in [0.25, 0.3) is 11.1 Å². The number of nitrogens with one attached hydrogen (secondary N) is 2. The molecule has 0 spiro atoms. The van der Waals surface area contributed by atoms with Crippen molar-refractivity contribution in [3.63, 3.8) is 0 Å². The Labute approximate surface area is 145 Å². The smallest absolute Gasteiger partial charge is 0.302 e. The first-order chi connectivity index (χ1) is 11.9. The molecule has 0 unspecified atom stereocenters. The van der Waals surface area contributed by atoms with Crippen molar-refractivity contribution in [2.45, 2.75) is 26.7 Å². The SMILES string of the molecule is CC(=O)Nc1ccc2nc(NC(=O)c3ccc(C(C)C)cc3)oc2c1. The van der Waals surface area contributed by atoms with Crippen molar-refractivity contribution in [1.82, 2.24) is 4.98 Å². The average molecular weight is 337 g/mol. The third-order valence-corrected chi connectivity index (χ3v) is 3.77. The number of nitrogens with zero attached hydrogens (tertiary/aromatic N) is 1. The lowest BCUT2D eigenvalue weighted by molar-refractivity contribution is -0.114. The third-order valence-electron chi connectivity index (χ3n) is 3.77. The van der Waals surface area contributed by atoms with Crippen molar-refractivity contribution in [2.24, 2.45) is 0 Å². The van der Waals surface area contributed by atoms with E-state index in [9.17, 15) is 9.59 Å². The van der Waals surface area contributed by atoms with Crippen LogP contribution in [0.2, 0.25) is 0 Å². The molecule has 0 fully saturated rings. The average Bonchev–Trinajstić information content (AvgIpc) is 2.95. The van der Waals surface area contributed by atoms with Crippen molar-refractivity contribution in [1.29, 1.82) is 0 Å². The van der Waals surface area contributed by atoms with Crippen molar-refractivity contribution < 1.29 is 14.0 Å². The third kappa shape index (κ3) is 3.85. The van der Waals surface area contributed by atoms with Crippen LogP contribution in [-0.4, -0.2) is 16.8 Å². The van der Waals surface area contributed by atoms with E-state index >= 15 is 0 Å². The number of fused-ring (bicyclic) bond motifs is 1. The van der Waals surface area contributed by atoms with Gasteiger partial charge in [-0.2, -0.15) is 4.98 Å². The van der Waals surface area contributed by atoms with Gasteiger partial charge in [0.05, 0.1) is 0 Å².